The van der Waals surface area contributed by atoms with Crippen molar-refractivity contribution in [2.75, 3.05) is 19.6 Å². The number of hydrogen-bond acceptors (Lipinski definition) is 4. The van der Waals surface area contributed by atoms with Gasteiger partial charge < -0.3 is 15.4 Å². The Morgan fingerprint density at radius 1 is 1.19 bits per heavy atom. The lowest BCUT2D eigenvalue weighted by atomic mass is 9.86. The molecule has 2 aromatic rings. The Bertz CT molecular complexity index is 657. The van der Waals surface area contributed by atoms with Gasteiger partial charge in [-0.15, -0.1) is 0 Å². The number of pyridine rings is 1. The summed E-state index contributed by atoms with van der Waals surface area (Å²) in [4.78, 5) is 6.93. The molecule has 0 radical (unpaired) electrons. The van der Waals surface area contributed by atoms with Crippen molar-refractivity contribution in [3.63, 3.8) is 0 Å². The summed E-state index contributed by atoms with van der Waals surface area (Å²) in [5, 5.41) is 0. The standard InChI is InChI=1S/C21H28BrN3O/c1-16(9-12-23)25-14-10-18(11-15-25)21(17-5-7-19(22)8-6-17)26-20-4-2-3-13-24-20/h2-8,13,16,18,21H,9-12,14-15,23H2,1H3. The first-order valence-corrected chi connectivity index (χ1v) is 10.2. The number of benzene rings is 1. The molecule has 2 N–H and O–H groups in total. The summed E-state index contributed by atoms with van der Waals surface area (Å²) in [5.74, 6) is 1.18. The number of rotatable bonds is 7. The first kappa shape index (κ1) is 19.3. The van der Waals surface area contributed by atoms with E-state index in [9.17, 15) is 0 Å². The van der Waals surface area contributed by atoms with Gasteiger partial charge in [0.1, 0.15) is 6.10 Å². The first-order valence-electron chi connectivity index (χ1n) is 9.44. The molecule has 2 unspecified atom stereocenters. The highest BCUT2D eigenvalue weighted by molar-refractivity contribution is 9.10. The zero-order chi connectivity index (χ0) is 18.4. The highest BCUT2D eigenvalue weighted by Gasteiger charge is 2.30. The van der Waals surface area contributed by atoms with Crippen LogP contribution < -0.4 is 10.5 Å². The van der Waals surface area contributed by atoms with Gasteiger partial charge in [0.15, 0.2) is 0 Å². The van der Waals surface area contributed by atoms with Gasteiger partial charge in [-0.1, -0.05) is 34.1 Å². The molecule has 0 spiro atoms. The van der Waals surface area contributed by atoms with E-state index in [1.165, 1.54) is 5.56 Å². The SMILES string of the molecule is CC(CCN)N1CCC(C(Oc2ccccn2)c2ccc(Br)cc2)CC1. The molecule has 1 aliphatic heterocycles. The molecule has 1 aliphatic rings. The van der Waals surface area contributed by atoms with Crippen molar-refractivity contribution in [3.05, 3.63) is 58.7 Å². The predicted molar refractivity (Wildman–Crippen MR) is 109 cm³/mol. The summed E-state index contributed by atoms with van der Waals surface area (Å²) in [6, 6.07) is 14.9. The third-order valence-electron chi connectivity index (χ3n) is 5.29. The minimum Gasteiger partial charge on any atom is -0.469 e. The molecule has 2 heterocycles. The van der Waals surface area contributed by atoms with E-state index in [1.54, 1.807) is 6.20 Å². The molecular weight excluding hydrogens is 390 g/mol. The topological polar surface area (TPSA) is 51.4 Å². The maximum Gasteiger partial charge on any atom is 0.213 e. The maximum absolute atomic E-state index is 6.36. The van der Waals surface area contributed by atoms with Gasteiger partial charge in [-0.3, -0.25) is 0 Å². The highest BCUT2D eigenvalue weighted by atomic mass is 79.9. The molecule has 1 saturated heterocycles. The molecule has 5 heteroatoms. The van der Waals surface area contributed by atoms with Gasteiger partial charge in [-0.2, -0.15) is 0 Å². The van der Waals surface area contributed by atoms with Gasteiger partial charge in [0.05, 0.1) is 0 Å². The second kappa shape index (κ2) is 9.49. The normalized spacial score (nSPS) is 18.4. The first-order chi connectivity index (χ1) is 12.7. The second-order valence-electron chi connectivity index (χ2n) is 7.06. The lowest BCUT2D eigenvalue weighted by molar-refractivity contribution is 0.0586. The van der Waals surface area contributed by atoms with Crippen LogP contribution in [0.2, 0.25) is 0 Å². The molecule has 2 atom stereocenters. The zero-order valence-electron chi connectivity index (χ0n) is 15.4. The molecule has 0 saturated carbocycles. The van der Waals surface area contributed by atoms with E-state index in [2.05, 4.69) is 57.0 Å². The predicted octanol–water partition coefficient (Wildman–Crippen LogP) is 4.41. The number of ether oxygens (including phenoxy) is 1. The molecule has 0 aliphatic carbocycles. The van der Waals surface area contributed by atoms with Crippen LogP contribution in [0.1, 0.15) is 37.9 Å². The molecule has 4 nitrogen and oxygen atoms in total. The number of likely N-dealkylation sites (tertiary alicyclic amines) is 1. The number of halogens is 1. The van der Waals surface area contributed by atoms with Crippen LogP contribution in [0, 0.1) is 5.92 Å². The fourth-order valence-electron chi connectivity index (χ4n) is 3.72. The maximum atomic E-state index is 6.36. The highest BCUT2D eigenvalue weighted by Crippen LogP contribution is 2.35. The molecule has 3 rings (SSSR count). The third kappa shape index (κ3) is 5.06. The van der Waals surface area contributed by atoms with E-state index in [-0.39, 0.29) is 6.10 Å². The largest absolute Gasteiger partial charge is 0.469 e. The van der Waals surface area contributed by atoms with Crippen LogP contribution in [0.4, 0.5) is 0 Å². The van der Waals surface area contributed by atoms with Crippen molar-refractivity contribution in [2.45, 2.75) is 38.3 Å². The lowest BCUT2D eigenvalue weighted by Gasteiger charge is -2.38. The minimum absolute atomic E-state index is 0.0324. The molecule has 26 heavy (non-hydrogen) atoms. The molecule has 1 aromatic carbocycles. The zero-order valence-corrected chi connectivity index (χ0v) is 16.9. The van der Waals surface area contributed by atoms with Crippen LogP contribution in [-0.4, -0.2) is 35.6 Å². The Labute approximate surface area is 164 Å². The Morgan fingerprint density at radius 2 is 1.92 bits per heavy atom. The van der Waals surface area contributed by atoms with E-state index >= 15 is 0 Å². The van der Waals surface area contributed by atoms with Crippen LogP contribution in [0.3, 0.4) is 0 Å². The number of aromatic nitrogens is 1. The van der Waals surface area contributed by atoms with Gasteiger partial charge >= 0.3 is 0 Å². The fraction of sp³-hybridized carbons (Fsp3) is 0.476. The minimum atomic E-state index is 0.0324. The lowest BCUT2D eigenvalue weighted by Crippen LogP contribution is -2.42. The number of nitrogens with zero attached hydrogens (tertiary/aromatic N) is 2. The second-order valence-corrected chi connectivity index (χ2v) is 7.97. The molecular formula is C21H28BrN3O. The summed E-state index contributed by atoms with van der Waals surface area (Å²) in [6.07, 6.45) is 5.13. The number of piperidine rings is 1. The van der Waals surface area contributed by atoms with Gasteiger partial charge in [0, 0.05) is 28.7 Å². The van der Waals surface area contributed by atoms with E-state index < -0.39 is 0 Å². The van der Waals surface area contributed by atoms with Crippen molar-refractivity contribution >= 4 is 15.9 Å². The molecule has 1 aromatic heterocycles. The van der Waals surface area contributed by atoms with Crippen LogP contribution in [0.5, 0.6) is 5.88 Å². The third-order valence-corrected chi connectivity index (χ3v) is 5.82. The Hall–Kier alpha value is -1.43. The molecule has 140 valence electrons. The monoisotopic (exact) mass is 417 g/mol. The number of nitrogens with two attached hydrogens (primary N) is 1. The van der Waals surface area contributed by atoms with Crippen LogP contribution in [0.15, 0.2) is 53.1 Å². The van der Waals surface area contributed by atoms with Crippen molar-refractivity contribution in [2.24, 2.45) is 11.7 Å². The van der Waals surface area contributed by atoms with Gasteiger partial charge in [-0.05, 0) is 69.6 Å². The van der Waals surface area contributed by atoms with Crippen molar-refractivity contribution < 1.29 is 4.74 Å². The molecule has 0 bridgehead atoms. The van der Waals surface area contributed by atoms with Crippen molar-refractivity contribution in [1.82, 2.24) is 9.88 Å². The average molecular weight is 418 g/mol. The molecule has 1 fully saturated rings. The summed E-state index contributed by atoms with van der Waals surface area (Å²) >= 11 is 3.53. The van der Waals surface area contributed by atoms with Crippen LogP contribution in [-0.2, 0) is 0 Å². The van der Waals surface area contributed by atoms with E-state index in [4.69, 9.17) is 10.5 Å². The fourth-order valence-corrected chi connectivity index (χ4v) is 3.99. The van der Waals surface area contributed by atoms with Gasteiger partial charge in [0.25, 0.3) is 0 Å². The van der Waals surface area contributed by atoms with E-state index in [0.717, 1.165) is 43.4 Å². The van der Waals surface area contributed by atoms with Crippen LogP contribution in [0.25, 0.3) is 0 Å². The van der Waals surface area contributed by atoms with Gasteiger partial charge in [-0.25, -0.2) is 4.98 Å². The summed E-state index contributed by atoms with van der Waals surface area (Å²) in [6.45, 7) is 5.24. The average Bonchev–Trinajstić information content (AvgIpc) is 2.68. The van der Waals surface area contributed by atoms with Crippen LogP contribution >= 0.6 is 15.9 Å². The Kier molecular flexibility index (Phi) is 7.06. The Balaban J connectivity index is 1.73. The van der Waals surface area contributed by atoms with E-state index in [0.29, 0.717) is 17.8 Å². The summed E-state index contributed by atoms with van der Waals surface area (Å²) in [7, 11) is 0. The quantitative estimate of drug-likeness (QED) is 0.724. The number of hydrogen-bond donors (Lipinski definition) is 1. The summed E-state index contributed by atoms with van der Waals surface area (Å²) in [5.41, 5.74) is 6.94. The van der Waals surface area contributed by atoms with Crippen molar-refractivity contribution in [3.8, 4) is 5.88 Å². The van der Waals surface area contributed by atoms with Gasteiger partial charge in [0.2, 0.25) is 5.88 Å². The van der Waals surface area contributed by atoms with E-state index in [1.807, 2.05) is 18.2 Å². The van der Waals surface area contributed by atoms with Crippen molar-refractivity contribution in [1.29, 1.82) is 0 Å². The molecule has 0 amide bonds. The smallest absolute Gasteiger partial charge is 0.213 e. The Morgan fingerprint density at radius 3 is 2.54 bits per heavy atom. The summed E-state index contributed by atoms with van der Waals surface area (Å²) < 4.78 is 7.44.